The number of carbonyl (C=O) groups excluding carboxylic acids is 1. The molecule has 1 N–H and O–H groups in total. The van der Waals surface area contributed by atoms with Gasteiger partial charge in [0.2, 0.25) is 0 Å². The second kappa shape index (κ2) is 6.12. The second-order valence-corrected chi connectivity index (χ2v) is 4.85. The molecule has 1 unspecified atom stereocenters. The van der Waals surface area contributed by atoms with Crippen LogP contribution in [0.1, 0.15) is 15.9 Å². The number of morpholine rings is 1. The number of nitrogens with one attached hydrogen (secondary N) is 1. The highest BCUT2D eigenvalue weighted by Gasteiger charge is 2.19. The number of nitrogens with zero attached hydrogens (tertiary/aromatic N) is 1. The van der Waals surface area contributed by atoms with Crippen molar-refractivity contribution in [2.75, 3.05) is 33.3 Å². The second-order valence-electron chi connectivity index (χ2n) is 4.85. The molecule has 5 heteroatoms. The van der Waals surface area contributed by atoms with Crippen molar-refractivity contribution in [3.8, 4) is 0 Å². The predicted octanol–water partition coefficient (Wildman–Crippen LogP) is 1.19. The van der Waals surface area contributed by atoms with Crippen molar-refractivity contribution in [1.82, 2.24) is 10.2 Å². The summed E-state index contributed by atoms with van der Waals surface area (Å²) in [6, 6.07) is 4.56. The monoisotopic (exact) mass is 266 g/mol. The molecule has 1 saturated heterocycles. The first-order valence-electron chi connectivity index (χ1n) is 6.42. The van der Waals surface area contributed by atoms with Gasteiger partial charge in [-0.1, -0.05) is 6.07 Å². The van der Waals surface area contributed by atoms with Gasteiger partial charge in [0.1, 0.15) is 5.82 Å². The summed E-state index contributed by atoms with van der Waals surface area (Å²) in [6.45, 7) is 4.42. The molecule has 1 fully saturated rings. The Kier molecular flexibility index (Phi) is 4.50. The molecule has 0 radical (unpaired) electrons. The number of benzene rings is 1. The number of amides is 1. The Morgan fingerprint density at radius 1 is 1.58 bits per heavy atom. The number of rotatable bonds is 3. The first kappa shape index (κ1) is 14.0. The van der Waals surface area contributed by atoms with E-state index in [0.717, 1.165) is 13.1 Å². The van der Waals surface area contributed by atoms with Crippen LogP contribution in [0, 0.1) is 12.7 Å². The van der Waals surface area contributed by atoms with E-state index in [1.165, 1.54) is 6.07 Å². The summed E-state index contributed by atoms with van der Waals surface area (Å²) in [5, 5.41) is 3.21. The van der Waals surface area contributed by atoms with Gasteiger partial charge < -0.3 is 15.0 Å². The lowest BCUT2D eigenvalue weighted by molar-refractivity contribution is 0.0104. The highest BCUT2D eigenvalue weighted by atomic mass is 19.1. The van der Waals surface area contributed by atoms with Gasteiger partial charge in [-0.25, -0.2) is 4.39 Å². The van der Waals surface area contributed by atoms with Crippen molar-refractivity contribution < 1.29 is 13.9 Å². The summed E-state index contributed by atoms with van der Waals surface area (Å²) in [6.07, 6.45) is -0.00186. The predicted molar refractivity (Wildman–Crippen MR) is 70.7 cm³/mol. The molecule has 1 amide bonds. The normalized spacial score (nSPS) is 19.2. The van der Waals surface area contributed by atoms with Gasteiger partial charge in [0.15, 0.2) is 0 Å². The highest BCUT2D eigenvalue weighted by Crippen LogP contribution is 2.11. The molecule has 0 aliphatic carbocycles. The van der Waals surface area contributed by atoms with Gasteiger partial charge in [-0.05, 0) is 24.6 Å². The summed E-state index contributed by atoms with van der Waals surface area (Å²) in [5.41, 5.74) is 0.911. The van der Waals surface area contributed by atoms with Gasteiger partial charge in [-0.3, -0.25) is 4.79 Å². The first-order valence-corrected chi connectivity index (χ1v) is 6.42. The molecule has 19 heavy (non-hydrogen) atoms. The molecule has 0 spiro atoms. The van der Waals surface area contributed by atoms with E-state index >= 15 is 0 Å². The number of halogens is 1. The van der Waals surface area contributed by atoms with E-state index in [0.29, 0.717) is 24.3 Å². The molecule has 4 nitrogen and oxygen atoms in total. The summed E-state index contributed by atoms with van der Waals surface area (Å²) in [4.78, 5) is 13.7. The van der Waals surface area contributed by atoms with Gasteiger partial charge in [0, 0.05) is 32.2 Å². The van der Waals surface area contributed by atoms with Crippen LogP contribution in [0.5, 0.6) is 0 Å². The molecule has 1 aliphatic heterocycles. The number of hydrogen-bond acceptors (Lipinski definition) is 3. The topological polar surface area (TPSA) is 41.6 Å². The molecule has 1 aromatic carbocycles. The molecular weight excluding hydrogens is 247 g/mol. The lowest BCUT2D eigenvalue weighted by Crippen LogP contribution is -2.45. The molecule has 1 aromatic rings. The van der Waals surface area contributed by atoms with Gasteiger partial charge in [0.25, 0.3) is 5.91 Å². The molecule has 2 rings (SSSR count). The SMILES string of the molecule is Cc1ccc(C(=O)N(C)CC2CNCCO2)cc1F. The summed E-state index contributed by atoms with van der Waals surface area (Å²) >= 11 is 0. The van der Waals surface area contributed by atoms with Crippen LogP contribution in [0.15, 0.2) is 18.2 Å². The van der Waals surface area contributed by atoms with Crippen molar-refractivity contribution in [2.45, 2.75) is 13.0 Å². The smallest absolute Gasteiger partial charge is 0.253 e. The van der Waals surface area contributed by atoms with E-state index in [9.17, 15) is 9.18 Å². The molecule has 0 aromatic heterocycles. The van der Waals surface area contributed by atoms with Crippen LogP contribution in [-0.4, -0.2) is 50.2 Å². The molecule has 1 heterocycles. The molecule has 104 valence electrons. The minimum atomic E-state index is -0.352. The van der Waals surface area contributed by atoms with Crippen LogP contribution in [-0.2, 0) is 4.74 Å². The zero-order valence-corrected chi connectivity index (χ0v) is 11.3. The Labute approximate surface area is 112 Å². The Hall–Kier alpha value is -1.46. The van der Waals surface area contributed by atoms with Gasteiger partial charge in [-0.15, -0.1) is 0 Å². The molecule has 1 aliphatic rings. The maximum atomic E-state index is 13.5. The third-order valence-electron chi connectivity index (χ3n) is 3.25. The zero-order valence-electron chi connectivity index (χ0n) is 11.3. The van der Waals surface area contributed by atoms with E-state index in [1.807, 2.05) is 0 Å². The number of ether oxygens (including phenoxy) is 1. The lowest BCUT2D eigenvalue weighted by atomic mass is 10.1. The van der Waals surface area contributed by atoms with E-state index < -0.39 is 0 Å². The molecule has 0 bridgehead atoms. The van der Waals surface area contributed by atoms with Crippen molar-refractivity contribution in [3.63, 3.8) is 0 Å². The van der Waals surface area contributed by atoms with Crippen LogP contribution >= 0.6 is 0 Å². The summed E-state index contributed by atoms with van der Waals surface area (Å²) < 4.78 is 19.0. The van der Waals surface area contributed by atoms with Crippen LogP contribution in [0.4, 0.5) is 4.39 Å². The molecule has 0 saturated carbocycles. The van der Waals surface area contributed by atoms with Crippen molar-refractivity contribution >= 4 is 5.91 Å². The highest BCUT2D eigenvalue weighted by molar-refractivity contribution is 5.94. The Morgan fingerprint density at radius 3 is 3.00 bits per heavy atom. The Bertz CT molecular complexity index is 459. The first-order chi connectivity index (χ1) is 9.08. The average Bonchev–Trinajstić information content (AvgIpc) is 2.42. The molecule has 1 atom stereocenters. The van der Waals surface area contributed by atoms with Crippen molar-refractivity contribution in [1.29, 1.82) is 0 Å². The molecular formula is C14H19FN2O2. The van der Waals surface area contributed by atoms with Gasteiger partial charge in [-0.2, -0.15) is 0 Å². The van der Waals surface area contributed by atoms with Gasteiger partial charge >= 0.3 is 0 Å². The third-order valence-corrected chi connectivity index (χ3v) is 3.25. The van der Waals surface area contributed by atoms with Crippen LogP contribution in [0.2, 0.25) is 0 Å². The maximum Gasteiger partial charge on any atom is 0.253 e. The fraction of sp³-hybridized carbons (Fsp3) is 0.500. The van der Waals surface area contributed by atoms with E-state index in [2.05, 4.69) is 5.32 Å². The Balaban J connectivity index is 1.99. The van der Waals surface area contributed by atoms with Crippen LogP contribution in [0.3, 0.4) is 0 Å². The fourth-order valence-electron chi connectivity index (χ4n) is 2.07. The largest absolute Gasteiger partial charge is 0.374 e. The van der Waals surface area contributed by atoms with Crippen LogP contribution < -0.4 is 5.32 Å². The maximum absolute atomic E-state index is 13.5. The number of aryl methyl sites for hydroxylation is 1. The standard InChI is InChI=1S/C14H19FN2O2/c1-10-3-4-11(7-13(10)15)14(18)17(2)9-12-8-16-5-6-19-12/h3-4,7,12,16H,5-6,8-9H2,1-2H3. The van der Waals surface area contributed by atoms with E-state index in [4.69, 9.17) is 4.74 Å². The minimum absolute atomic E-state index is 0.00186. The number of carbonyl (C=O) groups is 1. The summed E-state index contributed by atoms with van der Waals surface area (Å²) in [7, 11) is 1.71. The number of likely N-dealkylation sites (N-methyl/N-ethyl adjacent to an activating group) is 1. The minimum Gasteiger partial charge on any atom is -0.374 e. The average molecular weight is 266 g/mol. The fourth-order valence-corrected chi connectivity index (χ4v) is 2.07. The van der Waals surface area contributed by atoms with Crippen LogP contribution in [0.25, 0.3) is 0 Å². The zero-order chi connectivity index (χ0) is 13.8. The number of hydrogen-bond donors (Lipinski definition) is 1. The van der Waals surface area contributed by atoms with Crippen molar-refractivity contribution in [3.05, 3.63) is 35.1 Å². The van der Waals surface area contributed by atoms with Gasteiger partial charge in [0.05, 0.1) is 12.7 Å². The third kappa shape index (κ3) is 3.52. The van der Waals surface area contributed by atoms with E-state index in [-0.39, 0.29) is 17.8 Å². The van der Waals surface area contributed by atoms with E-state index in [1.54, 1.807) is 31.0 Å². The lowest BCUT2D eigenvalue weighted by Gasteiger charge is -2.28. The van der Waals surface area contributed by atoms with Crippen molar-refractivity contribution in [2.24, 2.45) is 0 Å². The summed E-state index contributed by atoms with van der Waals surface area (Å²) in [5.74, 6) is -0.539. The quantitative estimate of drug-likeness (QED) is 0.893. The Morgan fingerprint density at radius 2 is 2.37 bits per heavy atom.